The standard InChI is InChI=1S/C14H18N2O3.ClH/c1-10(16-8-7-11(9-16)14(18)19)13(17)15-12-5-3-2-4-6-12;/h2-6,10-11H,7-9H2,1H3,(H,15,17)(H,18,19);1H. The third-order valence-corrected chi connectivity index (χ3v) is 3.54. The van der Waals surface area contributed by atoms with Gasteiger partial charge in [0, 0.05) is 12.2 Å². The molecule has 0 spiro atoms. The summed E-state index contributed by atoms with van der Waals surface area (Å²) in [5.74, 6) is -1.23. The van der Waals surface area contributed by atoms with Crippen LogP contribution in [0.1, 0.15) is 13.3 Å². The molecule has 2 unspecified atom stereocenters. The number of halogens is 1. The molecule has 0 aromatic heterocycles. The van der Waals surface area contributed by atoms with Gasteiger partial charge in [-0.05, 0) is 32.0 Å². The summed E-state index contributed by atoms with van der Waals surface area (Å²) in [6, 6.07) is 8.94. The molecule has 1 aliphatic rings. The number of carboxylic acids is 1. The van der Waals surface area contributed by atoms with Crippen molar-refractivity contribution in [3.8, 4) is 0 Å². The number of anilines is 1. The zero-order valence-electron chi connectivity index (χ0n) is 11.3. The van der Waals surface area contributed by atoms with Gasteiger partial charge in [0.15, 0.2) is 0 Å². The number of carbonyl (C=O) groups is 2. The second-order valence-electron chi connectivity index (χ2n) is 4.85. The van der Waals surface area contributed by atoms with E-state index in [1.165, 1.54) is 0 Å². The van der Waals surface area contributed by atoms with Crippen LogP contribution in [0, 0.1) is 5.92 Å². The normalized spacial score (nSPS) is 19.9. The van der Waals surface area contributed by atoms with Crippen molar-refractivity contribution in [2.24, 2.45) is 5.92 Å². The van der Waals surface area contributed by atoms with Crippen molar-refractivity contribution in [1.29, 1.82) is 0 Å². The maximum atomic E-state index is 12.1. The van der Waals surface area contributed by atoms with Crippen molar-refractivity contribution in [3.63, 3.8) is 0 Å². The summed E-state index contributed by atoms with van der Waals surface area (Å²) in [5, 5.41) is 11.8. The van der Waals surface area contributed by atoms with Crippen LogP contribution in [0.25, 0.3) is 0 Å². The molecule has 0 radical (unpaired) electrons. The number of aliphatic carboxylic acids is 1. The molecule has 1 amide bonds. The van der Waals surface area contributed by atoms with Crippen molar-refractivity contribution >= 4 is 30.0 Å². The molecule has 0 saturated carbocycles. The first-order chi connectivity index (χ1) is 9.08. The number of hydrogen-bond donors (Lipinski definition) is 2. The van der Waals surface area contributed by atoms with E-state index in [1.807, 2.05) is 42.2 Å². The summed E-state index contributed by atoms with van der Waals surface area (Å²) in [6.07, 6.45) is 0.609. The van der Waals surface area contributed by atoms with Crippen LogP contribution in [-0.2, 0) is 9.59 Å². The molecule has 110 valence electrons. The van der Waals surface area contributed by atoms with E-state index >= 15 is 0 Å². The molecule has 1 aliphatic heterocycles. The van der Waals surface area contributed by atoms with E-state index in [9.17, 15) is 9.59 Å². The number of nitrogens with zero attached hydrogens (tertiary/aromatic N) is 1. The number of amides is 1. The predicted molar refractivity (Wildman–Crippen MR) is 79.1 cm³/mol. The van der Waals surface area contributed by atoms with Gasteiger partial charge in [0.05, 0.1) is 12.0 Å². The maximum absolute atomic E-state index is 12.1. The minimum atomic E-state index is -0.779. The first kappa shape index (κ1) is 16.5. The van der Waals surface area contributed by atoms with Gasteiger partial charge < -0.3 is 10.4 Å². The van der Waals surface area contributed by atoms with Gasteiger partial charge in [0.2, 0.25) is 5.91 Å². The van der Waals surface area contributed by atoms with Gasteiger partial charge >= 0.3 is 5.97 Å². The molecule has 1 fully saturated rings. The average Bonchev–Trinajstić information content (AvgIpc) is 2.88. The van der Waals surface area contributed by atoms with E-state index in [4.69, 9.17) is 5.11 Å². The molecule has 5 nitrogen and oxygen atoms in total. The third kappa shape index (κ3) is 3.95. The van der Waals surface area contributed by atoms with Gasteiger partial charge in [-0.25, -0.2) is 0 Å². The summed E-state index contributed by atoms with van der Waals surface area (Å²) in [7, 11) is 0. The molecule has 0 bridgehead atoms. The fraction of sp³-hybridized carbons (Fsp3) is 0.429. The Morgan fingerprint density at radius 1 is 1.35 bits per heavy atom. The minimum absolute atomic E-state index is 0. The summed E-state index contributed by atoms with van der Waals surface area (Å²) in [6.45, 7) is 2.90. The van der Waals surface area contributed by atoms with Gasteiger partial charge in [-0.1, -0.05) is 18.2 Å². The first-order valence-electron chi connectivity index (χ1n) is 6.40. The maximum Gasteiger partial charge on any atom is 0.307 e. The van der Waals surface area contributed by atoms with Crippen molar-refractivity contribution in [1.82, 2.24) is 4.90 Å². The molecule has 1 heterocycles. The molecule has 1 aromatic carbocycles. The van der Waals surface area contributed by atoms with Crippen molar-refractivity contribution in [3.05, 3.63) is 30.3 Å². The molecular weight excluding hydrogens is 280 g/mol. The van der Waals surface area contributed by atoms with E-state index in [0.717, 1.165) is 5.69 Å². The highest BCUT2D eigenvalue weighted by Gasteiger charge is 2.33. The summed E-state index contributed by atoms with van der Waals surface area (Å²) >= 11 is 0. The highest BCUT2D eigenvalue weighted by atomic mass is 35.5. The van der Waals surface area contributed by atoms with Crippen LogP contribution in [-0.4, -0.2) is 41.0 Å². The Morgan fingerprint density at radius 2 is 2.00 bits per heavy atom. The second-order valence-corrected chi connectivity index (χ2v) is 4.85. The minimum Gasteiger partial charge on any atom is -0.481 e. The van der Waals surface area contributed by atoms with Crippen LogP contribution in [0.5, 0.6) is 0 Å². The van der Waals surface area contributed by atoms with Crippen LogP contribution >= 0.6 is 12.4 Å². The van der Waals surface area contributed by atoms with Gasteiger partial charge in [-0.3, -0.25) is 14.5 Å². The van der Waals surface area contributed by atoms with Crippen LogP contribution in [0.15, 0.2) is 30.3 Å². The van der Waals surface area contributed by atoms with Gasteiger partial charge in [-0.15, -0.1) is 12.4 Å². The number of para-hydroxylation sites is 1. The number of hydrogen-bond acceptors (Lipinski definition) is 3. The van der Waals surface area contributed by atoms with Crippen LogP contribution < -0.4 is 5.32 Å². The van der Waals surface area contributed by atoms with Crippen molar-refractivity contribution in [2.45, 2.75) is 19.4 Å². The topological polar surface area (TPSA) is 69.6 Å². The van der Waals surface area contributed by atoms with E-state index in [-0.39, 0.29) is 30.3 Å². The second kappa shape index (κ2) is 7.26. The summed E-state index contributed by atoms with van der Waals surface area (Å²) < 4.78 is 0. The van der Waals surface area contributed by atoms with Crippen LogP contribution in [0.2, 0.25) is 0 Å². The van der Waals surface area contributed by atoms with Crippen LogP contribution in [0.4, 0.5) is 5.69 Å². The number of likely N-dealkylation sites (tertiary alicyclic amines) is 1. The predicted octanol–water partition coefficient (Wildman–Crippen LogP) is 1.84. The fourth-order valence-corrected chi connectivity index (χ4v) is 2.27. The van der Waals surface area contributed by atoms with E-state index < -0.39 is 5.97 Å². The fourth-order valence-electron chi connectivity index (χ4n) is 2.27. The Balaban J connectivity index is 0.00000200. The van der Waals surface area contributed by atoms with Gasteiger partial charge in [0.25, 0.3) is 0 Å². The number of nitrogens with one attached hydrogen (secondary N) is 1. The van der Waals surface area contributed by atoms with E-state index in [2.05, 4.69) is 5.32 Å². The number of carboxylic acid groups (broad SMARTS) is 1. The van der Waals surface area contributed by atoms with E-state index in [1.54, 1.807) is 0 Å². The Bertz CT molecular complexity index is 467. The quantitative estimate of drug-likeness (QED) is 0.890. The lowest BCUT2D eigenvalue weighted by Gasteiger charge is -2.23. The molecule has 6 heteroatoms. The molecule has 2 atom stereocenters. The summed E-state index contributed by atoms with van der Waals surface area (Å²) in [4.78, 5) is 24.9. The lowest BCUT2D eigenvalue weighted by molar-refractivity contribution is -0.141. The molecule has 2 rings (SSSR count). The molecule has 1 saturated heterocycles. The lowest BCUT2D eigenvalue weighted by Crippen LogP contribution is -2.41. The summed E-state index contributed by atoms with van der Waals surface area (Å²) in [5.41, 5.74) is 0.758. The Kier molecular flexibility index (Phi) is 5.98. The highest BCUT2D eigenvalue weighted by Crippen LogP contribution is 2.19. The van der Waals surface area contributed by atoms with Crippen molar-refractivity contribution < 1.29 is 14.7 Å². The third-order valence-electron chi connectivity index (χ3n) is 3.54. The smallest absolute Gasteiger partial charge is 0.307 e. The zero-order chi connectivity index (χ0) is 13.8. The van der Waals surface area contributed by atoms with Crippen molar-refractivity contribution in [2.75, 3.05) is 18.4 Å². The Hall–Kier alpha value is -1.59. The SMILES string of the molecule is CC(C(=O)Nc1ccccc1)N1CCC(C(=O)O)C1.Cl. The number of benzene rings is 1. The Labute approximate surface area is 124 Å². The number of rotatable bonds is 4. The molecule has 0 aliphatic carbocycles. The van der Waals surface area contributed by atoms with Gasteiger partial charge in [0.1, 0.15) is 0 Å². The zero-order valence-corrected chi connectivity index (χ0v) is 12.1. The Morgan fingerprint density at radius 3 is 2.55 bits per heavy atom. The van der Waals surface area contributed by atoms with Crippen LogP contribution in [0.3, 0.4) is 0 Å². The molecule has 1 aromatic rings. The average molecular weight is 299 g/mol. The first-order valence-corrected chi connectivity index (χ1v) is 6.40. The highest BCUT2D eigenvalue weighted by molar-refractivity contribution is 5.94. The molecule has 2 N–H and O–H groups in total. The lowest BCUT2D eigenvalue weighted by atomic mass is 10.1. The molecular formula is C14H19ClN2O3. The van der Waals surface area contributed by atoms with E-state index in [0.29, 0.717) is 19.5 Å². The van der Waals surface area contributed by atoms with Gasteiger partial charge in [-0.2, -0.15) is 0 Å². The largest absolute Gasteiger partial charge is 0.481 e. The monoisotopic (exact) mass is 298 g/mol. The molecule has 20 heavy (non-hydrogen) atoms. The number of carbonyl (C=O) groups excluding carboxylic acids is 1.